The molecule has 0 aliphatic carbocycles. The van der Waals surface area contributed by atoms with E-state index in [0.29, 0.717) is 6.10 Å². The molecular weight excluding hydrogens is 212 g/mol. The predicted molar refractivity (Wildman–Crippen MR) is 68.9 cm³/mol. The molecule has 3 heteroatoms. The van der Waals surface area contributed by atoms with Gasteiger partial charge in [0.05, 0.1) is 6.10 Å². The summed E-state index contributed by atoms with van der Waals surface area (Å²) in [6.45, 7) is 3.02. The Morgan fingerprint density at radius 1 is 1.59 bits per heavy atom. The molecule has 2 N–H and O–H groups in total. The van der Waals surface area contributed by atoms with E-state index in [0.717, 1.165) is 31.6 Å². The van der Waals surface area contributed by atoms with E-state index >= 15 is 0 Å². The first-order valence-corrected chi connectivity index (χ1v) is 6.53. The van der Waals surface area contributed by atoms with Gasteiger partial charge in [-0.05, 0) is 44.2 Å². The van der Waals surface area contributed by atoms with Crippen molar-refractivity contribution in [2.45, 2.75) is 51.2 Å². The lowest BCUT2D eigenvalue weighted by Gasteiger charge is -2.15. The number of rotatable bonds is 5. The SMILES string of the molecule is Cc1cccnc1CC(N)CCC1CCCO1. The highest BCUT2D eigenvalue weighted by Crippen LogP contribution is 2.18. The van der Waals surface area contributed by atoms with Gasteiger partial charge in [-0.1, -0.05) is 6.07 Å². The predicted octanol–water partition coefficient (Wildman–Crippen LogP) is 2.22. The molecule has 2 atom stereocenters. The average Bonchev–Trinajstić information content (AvgIpc) is 2.82. The minimum absolute atomic E-state index is 0.202. The van der Waals surface area contributed by atoms with E-state index in [-0.39, 0.29) is 6.04 Å². The molecule has 1 aromatic heterocycles. The summed E-state index contributed by atoms with van der Waals surface area (Å²) in [5.74, 6) is 0. The van der Waals surface area contributed by atoms with E-state index in [4.69, 9.17) is 10.5 Å². The van der Waals surface area contributed by atoms with Gasteiger partial charge in [-0.15, -0.1) is 0 Å². The van der Waals surface area contributed by atoms with Crippen LogP contribution in [0.3, 0.4) is 0 Å². The molecule has 1 aliphatic rings. The Bertz CT molecular complexity index is 348. The minimum Gasteiger partial charge on any atom is -0.378 e. The molecule has 94 valence electrons. The van der Waals surface area contributed by atoms with E-state index in [1.54, 1.807) is 0 Å². The second kappa shape index (κ2) is 6.12. The lowest BCUT2D eigenvalue weighted by atomic mass is 10.0. The highest BCUT2D eigenvalue weighted by atomic mass is 16.5. The van der Waals surface area contributed by atoms with Crippen LogP contribution in [0, 0.1) is 6.92 Å². The number of nitrogens with zero attached hydrogens (tertiary/aromatic N) is 1. The lowest BCUT2D eigenvalue weighted by Crippen LogP contribution is -2.25. The Morgan fingerprint density at radius 2 is 2.47 bits per heavy atom. The number of nitrogens with two attached hydrogens (primary N) is 1. The molecule has 17 heavy (non-hydrogen) atoms. The summed E-state index contributed by atoms with van der Waals surface area (Å²) < 4.78 is 5.61. The number of hydrogen-bond acceptors (Lipinski definition) is 3. The fourth-order valence-electron chi connectivity index (χ4n) is 2.35. The van der Waals surface area contributed by atoms with E-state index in [1.807, 2.05) is 12.3 Å². The number of aryl methyl sites for hydroxylation is 1. The summed E-state index contributed by atoms with van der Waals surface area (Å²) in [5.41, 5.74) is 8.53. The van der Waals surface area contributed by atoms with Gasteiger partial charge in [0.15, 0.2) is 0 Å². The maximum Gasteiger partial charge on any atom is 0.0576 e. The molecule has 1 aromatic rings. The van der Waals surface area contributed by atoms with Crippen LogP contribution in [-0.2, 0) is 11.2 Å². The molecular formula is C14H22N2O. The topological polar surface area (TPSA) is 48.1 Å². The Balaban J connectivity index is 1.76. The Kier molecular flexibility index (Phi) is 4.51. The van der Waals surface area contributed by atoms with Gasteiger partial charge in [0.2, 0.25) is 0 Å². The van der Waals surface area contributed by atoms with Crippen molar-refractivity contribution < 1.29 is 4.74 Å². The van der Waals surface area contributed by atoms with Crippen molar-refractivity contribution in [3.63, 3.8) is 0 Å². The van der Waals surface area contributed by atoms with Crippen molar-refractivity contribution in [2.75, 3.05) is 6.61 Å². The van der Waals surface area contributed by atoms with Crippen LogP contribution >= 0.6 is 0 Å². The van der Waals surface area contributed by atoms with E-state index in [1.165, 1.54) is 18.4 Å². The molecule has 1 saturated heterocycles. The van der Waals surface area contributed by atoms with Crippen LogP contribution in [0.1, 0.15) is 36.9 Å². The fourth-order valence-corrected chi connectivity index (χ4v) is 2.35. The number of hydrogen-bond donors (Lipinski definition) is 1. The molecule has 0 bridgehead atoms. The van der Waals surface area contributed by atoms with Crippen molar-refractivity contribution in [1.29, 1.82) is 0 Å². The zero-order chi connectivity index (χ0) is 12.1. The summed E-state index contributed by atoms with van der Waals surface area (Å²) in [5, 5.41) is 0. The molecule has 2 heterocycles. The van der Waals surface area contributed by atoms with Gasteiger partial charge in [-0.3, -0.25) is 4.98 Å². The van der Waals surface area contributed by atoms with Crippen LogP contribution in [-0.4, -0.2) is 23.7 Å². The summed E-state index contributed by atoms with van der Waals surface area (Å²) in [4.78, 5) is 4.39. The number of aromatic nitrogens is 1. The van der Waals surface area contributed by atoms with Crippen LogP contribution in [0.2, 0.25) is 0 Å². The van der Waals surface area contributed by atoms with Crippen molar-refractivity contribution in [3.8, 4) is 0 Å². The lowest BCUT2D eigenvalue weighted by molar-refractivity contribution is 0.101. The van der Waals surface area contributed by atoms with E-state index < -0.39 is 0 Å². The fraction of sp³-hybridized carbons (Fsp3) is 0.643. The Morgan fingerprint density at radius 3 is 3.18 bits per heavy atom. The first kappa shape index (κ1) is 12.5. The third kappa shape index (κ3) is 3.79. The summed E-state index contributed by atoms with van der Waals surface area (Å²) in [7, 11) is 0. The summed E-state index contributed by atoms with van der Waals surface area (Å²) >= 11 is 0. The normalized spacial score (nSPS) is 21.6. The quantitative estimate of drug-likeness (QED) is 0.849. The van der Waals surface area contributed by atoms with Gasteiger partial charge in [-0.2, -0.15) is 0 Å². The van der Waals surface area contributed by atoms with Gasteiger partial charge in [0.1, 0.15) is 0 Å². The van der Waals surface area contributed by atoms with Gasteiger partial charge >= 0.3 is 0 Å². The van der Waals surface area contributed by atoms with Crippen molar-refractivity contribution in [1.82, 2.24) is 4.98 Å². The second-order valence-corrected chi connectivity index (χ2v) is 4.94. The van der Waals surface area contributed by atoms with Gasteiger partial charge in [0, 0.05) is 31.0 Å². The maximum absolute atomic E-state index is 6.16. The van der Waals surface area contributed by atoms with Crippen molar-refractivity contribution >= 4 is 0 Å². The van der Waals surface area contributed by atoms with Crippen LogP contribution in [0.5, 0.6) is 0 Å². The standard InChI is InChI=1S/C14H22N2O/c1-11-4-2-8-16-14(11)10-12(15)6-7-13-5-3-9-17-13/h2,4,8,12-13H,3,5-7,9-10,15H2,1H3. The summed E-state index contributed by atoms with van der Waals surface area (Å²) in [6, 6.07) is 4.26. The molecule has 1 fully saturated rings. The van der Waals surface area contributed by atoms with Crippen molar-refractivity contribution in [3.05, 3.63) is 29.6 Å². The zero-order valence-corrected chi connectivity index (χ0v) is 10.6. The first-order chi connectivity index (χ1) is 8.25. The maximum atomic E-state index is 6.16. The minimum atomic E-state index is 0.202. The van der Waals surface area contributed by atoms with Crippen LogP contribution in [0.15, 0.2) is 18.3 Å². The van der Waals surface area contributed by atoms with Gasteiger partial charge in [0.25, 0.3) is 0 Å². The molecule has 0 spiro atoms. The van der Waals surface area contributed by atoms with E-state index in [2.05, 4.69) is 18.0 Å². The summed E-state index contributed by atoms with van der Waals surface area (Å²) in [6.07, 6.45) is 7.70. The molecule has 0 aromatic carbocycles. The molecule has 2 unspecified atom stereocenters. The Labute approximate surface area is 103 Å². The monoisotopic (exact) mass is 234 g/mol. The van der Waals surface area contributed by atoms with E-state index in [9.17, 15) is 0 Å². The molecule has 0 radical (unpaired) electrons. The van der Waals surface area contributed by atoms with Crippen LogP contribution < -0.4 is 5.73 Å². The van der Waals surface area contributed by atoms with Crippen molar-refractivity contribution in [2.24, 2.45) is 5.73 Å². The molecule has 0 saturated carbocycles. The average molecular weight is 234 g/mol. The number of ether oxygens (including phenoxy) is 1. The zero-order valence-electron chi connectivity index (χ0n) is 10.6. The Hall–Kier alpha value is -0.930. The third-order valence-corrected chi connectivity index (χ3v) is 3.46. The molecule has 1 aliphatic heterocycles. The second-order valence-electron chi connectivity index (χ2n) is 4.94. The number of pyridine rings is 1. The van der Waals surface area contributed by atoms with Gasteiger partial charge < -0.3 is 10.5 Å². The smallest absolute Gasteiger partial charge is 0.0576 e. The van der Waals surface area contributed by atoms with Crippen LogP contribution in [0.4, 0.5) is 0 Å². The first-order valence-electron chi connectivity index (χ1n) is 6.53. The molecule has 2 rings (SSSR count). The molecule has 3 nitrogen and oxygen atoms in total. The third-order valence-electron chi connectivity index (χ3n) is 3.46. The van der Waals surface area contributed by atoms with Gasteiger partial charge in [-0.25, -0.2) is 0 Å². The highest BCUT2D eigenvalue weighted by molar-refractivity contribution is 5.18. The largest absolute Gasteiger partial charge is 0.378 e. The highest BCUT2D eigenvalue weighted by Gasteiger charge is 2.17. The molecule has 0 amide bonds. The van der Waals surface area contributed by atoms with Crippen LogP contribution in [0.25, 0.3) is 0 Å².